The highest BCUT2D eigenvalue weighted by Crippen LogP contribution is 2.32. The van der Waals surface area contributed by atoms with Crippen molar-refractivity contribution in [1.82, 2.24) is 9.97 Å². The van der Waals surface area contributed by atoms with Crippen molar-refractivity contribution in [3.05, 3.63) is 80.3 Å². The number of nitrogens with zero attached hydrogens (tertiary/aromatic N) is 2. The summed E-state index contributed by atoms with van der Waals surface area (Å²) in [7, 11) is 0. The number of allylic oxidation sites excluding steroid dienone is 1. The third-order valence-corrected chi connectivity index (χ3v) is 8.19. The molecule has 3 aromatic rings. The quantitative estimate of drug-likeness (QED) is 0.278. The van der Waals surface area contributed by atoms with Crippen LogP contribution < -0.4 is 5.32 Å². The Morgan fingerprint density at radius 2 is 2.09 bits per heavy atom. The number of anilines is 1. The topological polar surface area (TPSA) is 75.1 Å². The molecule has 1 unspecified atom stereocenters. The number of carboxylic acids is 1. The minimum Gasteiger partial charge on any atom is -0.481 e. The SMILES string of the molecule is C=C(C)Sc1ccc(C(CC(=O)O)Cc2csc(CCCc3ccc4c(n3)NCCC4)n2)cc1C. The number of aromatic nitrogens is 2. The fraction of sp³-hybridized carbons (Fsp3) is 0.393. The van der Waals surface area contributed by atoms with Crippen LogP contribution in [0.3, 0.4) is 0 Å². The number of benzene rings is 1. The summed E-state index contributed by atoms with van der Waals surface area (Å²) in [6.45, 7) is 9.04. The zero-order chi connectivity index (χ0) is 24.8. The highest BCUT2D eigenvalue weighted by molar-refractivity contribution is 8.03. The number of hydrogen-bond donors (Lipinski definition) is 2. The van der Waals surface area contributed by atoms with E-state index in [9.17, 15) is 9.90 Å². The molecule has 35 heavy (non-hydrogen) atoms. The highest BCUT2D eigenvalue weighted by atomic mass is 32.2. The van der Waals surface area contributed by atoms with Crippen molar-refractivity contribution in [2.45, 2.75) is 69.6 Å². The molecular weight excluding hydrogens is 474 g/mol. The predicted molar refractivity (Wildman–Crippen MR) is 146 cm³/mol. The lowest BCUT2D eigenvalue weighted by molar-refractivity contribution is -0.137. The molecule has 1 aromatic carbocycles. The van der Waals surface area contributed by atoms with E-state index in [4.69, 9.17) is 9.97 Å². The van der Waals surface area contributed by atoms with Gasteiger partial charge in [0.2, 0.25) is 0 Å². The highest BCUT2D eigenvalue weighted by Gasteiger charge is 2.19. The fourth-order valence-electron chi connectivity index (χ4n) is 4.49. The van der Waals surface area contributed by atoms with Gasteiger partial charge >= 0.3 is 5.97 Å². The normalized spacial score (nSPS) is 13.7. The van der Waals surface area contributed by atoms with Gasteiger partial charge in [-0.25, -0.2) is 9.97 Å². The van der Waals surface area contributed by atoms with Crippen molar-refractivity contribution in [3.8, 4) is 0 Å². The van der Waals surface area contributed by atoms with Gasteiger partial charge in [0, 0.05) is 22.5 Å². The van der Waals surface area contributed by atoms with Crippen LogP contribution in [0.5, 0.6) is 0 Å². The Kier molecular flexibility index (Phi) is 8.63. The number of thiazole rings is 1. The molecule has 0 amide bonds. The predicted octanol–water partition coefficient (Wildman–Crippen LogP) is 6.81. The Hall–Kier alpha value is -2.64. The fourth-order valence-corrected chi connectivity index (χ4v) is 6.07. The molecule has 184 valence electrons. The van der Waals surface area contributed by atoms with Gasteiger partial charge < -0.3 is 10.4 Å². The van der Waals surface area contributed by atoms with Crippen molar-refractivity contribution in [1.29, 1.82) is 0 Å². The van der Waals surface area contributed by atoms with E-state index in [-0.39, 0.29) is 12.3 Å². The number of fused-ring (bicyclic) bond motifs is 1. The monoisotopic (exact) mass is 507 g/mol. The number of pyridine rings is 1. The number of hydrogen-bond acceptors (Lipinski definition) is 6. The minimum absolute atomic E-state index is 0.0946. The Labute approximate surface area is 216 Å². The Morgan fingerprint density at radius 1 is 1.23 bits per heavy atom. The molecule has 1 aliphatic rings. The first-order chi connectivity index (χ1) is 16.9. The molecule has 0 bridgehead atoms. The molecular formula is C28H33N3O2S2. The van der Waals surface area contributed by atoms with Crippen LogP contribution in [0.15, 0.2) is 52.1 Å². The smallest absolute Gasteiger partial charge is 0.303 e. The number of carbonyl (C=O) groups is 1. The lowest BCUT2D eigenvalue weighted by Crippen LogP contribution is -2.14. The molecule has 1 aliphatic heterocycles. The van der Waals surface area contributed by atoms with Crippen LogP contribution in [-0.4, -0.2) is 27.6 Å². The Balaban J connectivity index is 1.37. The first-order valence-corrected chi connectivity index (χ1v) is 13.9. The maximum Gasteiger partial charge on any atom is 0.303 e. The van der Waals surface area contributed by atoms with Crippen LogP contribution >= 0.6 is 23.1 Å². The van der Waals surface area contributed by atoms with Gasteiger partial charge in [0.05, 0.1) is 17.1 Å². The zero-order valence-corrected chi connectivity index (χ0v) is 22.1. The van der Waals surface area contributed by atoms with Gasteiger partial charge in [0.25, 0.3) is 0 Å². The van der Waals surface area contributed by atoms with Crippen molar-refractivity contribution < 1.29 is 9.90 Å². The summed E-state index contributed by atoms with van der Waals surface area (Å²) in [4.78, 5) is 23.4. The maximum absolute atomic E-state index is 11.6. The summed E-state index contributed by atoms with van der Waals surface area (Å²) < 4.78 is 0. The number of rotatable bonds is 11. The van der Waals surface area contributed by atoms with Gasteiger partial charge in [0.1, 0.15) is 5.82 Å². The van der Waals surface area contributed by atoms with Crippen LogP contribution in [0, 0.1) is 6.92 Å². The van der Waals surface area contributed by atoms with Crippen molar-refractivity contribution in [3.63, 3.8) is 0 Å². The number of nitrogens with one attached hydrogen (secondary N) is 1. The average molecular weight is 508 g/mol. The second-order valence-electron chi connectivity index (χ2n) is 9.25. The van der Waals surface area contributed by atoms with E-state index in [2.05, 4.69) is 54.5 Å². The van der Waals surface area contributed by atoms with Gasteiger partial charge in [-0.05, 0) is 92.0 Å². The average Bonchev–Trinajstić information content (AvgIpc) is 3.26. The largest absolute Gasteiger partial charge is 0.481 e. The van der Waals surface area contributed by atoms with E-state index in [0.717, 1.165) is 75.4 Å². The van der Waals surface area contributed by atoms with Gasteiger partial charge in [-0.2, -0.15) is 0 Å². The van der Waals surface area contributed by atoms with Crippen LogP contribution in [-0.2, 0) is 30.5 Å². The van der Waals surface area contributed by atoms with E-state index in [1.54, 1.807) is 23.1 Å². The van der Waals surface area contributed by atoms with Gasteiger partial charge in [-0.1, -0.05) is 36.5 Å². The Morgan fingerprint density at radius 3 is 2.86 bits per heavy atom. The molecule has 7 heteroatoms. The van der Waals surface area contributed by atoms with Gasteiger partial charge in [0.15, 0.2) is 0 Å². The first kappa shape index (κ1) is 25.5. The molecule has 0 fully saturated rings. The molecule has 0 saturated carbocycles. The molecule has 0 saturated heterocycles. The Bertz CT molecular complexity index is 1200. The minimum atomic E-state index is -0.782. The van der Waals surface area contributed by atoms with Crippen molar-refractivity contribution >= 4 is 34.9 Å². The standard InChI is InChI=1S/C28H33N3O2S2/c1-18(2)35-25-12-10-21(14-19(25)3)22(16-27(32)33)15-24-17-34-26(30-24)8-4-7-23-11-9-20-6-5-13-29-28(20)31-23/h9-12,14,17,22H,1,4-8,13,15-16H2,2-3H3,(H,29,31)(H,32,33). The zero-order valence-electron chi connectivity index (χ0n) is 20.5. The molecule has 0 spiro atoms. The lowest BCUT2D eigenvalue weighted by Gasteiger charge is -2.17. The third kappa shape index (κ3) is 7.18. The summed E-state index contributed by atoms with van der Waals surface area (Å²) in [6, 6.07) is 10.6. The van der Waals surface area contributed by atoms with E-state index in [1.807, 2.05) is 6.92 Å². The molecule has 5 nitrogen and oxygen atoms in total. The summed E-state index contributed by atoms with van der Waals surface area (Å²) in [5.41, 5.74) is 5.62. The van der Waals surface area contributed by atoms with Crippen molar-refractivity contribution in [2.24, 2.45) is 0 Å². The van der Waals surface area contributed by atoms with Crippen molar-refractivity contribution in [2.75, 3.05) is 11.9 Å². The molecule has 3 heterocycles. The summed E-state index contributed by atoms with van der Waals surface area (Å²) >= 11 is 3.32. The molecule has 0 radical (unpaired) electrons. The van der Waals surface area contributed by atoms with Crippen LogP contribution in [0.4, 0.5) is 5.82 Å². The number of aryl methyl sites for hydroxylation is 4. The lowest BCUT2D eigenvalue weighted by atomic mass is 9.90. The number of thioether (sulfide) groups is 1. The summed E-state index contributed by atoms with van der Waals surface area (Å²) in [5.74, 6) is 0.170. The summed E-state index contributed by atoms with van der Waals surface area (Å²) in [5, 5.41) is 16.1. The van der Waals surface area contributed by atoms with Crippen LogP contribution in [0.2, 0.25) is 0 Å². The molecule has 2 N–H and O–H groups in total. The summed E-state index contributed by atoms with van der Waals surface area (Å²) in [6.07, 6.45) is 5.85. The van der Waals surface area contributed by atoms with E-state index in [0.29, 0.717) is 6.42 Å². The molecule has 4 rings (SSSR count). The molecule has 1 atom stereocenters. The number of carboxylic acid groups (broad SMARTS) is 1. The molecule has 0 aliphatic carbocycles. The van der Waals surface area contributed by atoms with E-state index >= 15 is 0 Å². The van der Waals surface area contributed by atoms with Crippen LogP contribution in [0.25, 0.3) is 0 Å². The second-order valence-corrected chi connectivity index (χ2v) is 11.5. The number of aliphatic carboxylic acids is 1. The molecule has 2 aromatic heterocycles. The second kappa shape index (κ2) is 11.9. The van der Waals surface area contributed by atoms with Crippen LogP contribution in [0.1, 0.15) is 65.2 Å². The van der Waals surface area contributed by atoms with E-state index in [1.165, 1.54) is 12.0 Å². The first-order valence-electron chi connectivity index (χ1n) is 12.2. The third-order valence-electron chi connectivity index (χ3n) is 6.21. The van der Waals surface area contributed by atoms with Gasteiger partial charge in [-0.15, -0.1) is 11.3 Å². The van der Waals surface area contributed by atoms with E-state index < -0.39 is 5.97 Å². The van der Waals surface area contributed by atoms with Gasteiger partial charge in [-0.3, -0.25) is 4.79 Å². The maximum atomic E-state index is 11.6.